The number of hydrogen-bond donors (Lipinski definition) is 6. The first-order valence-corrected chi connectivity index (χ1v) is 7.95. The predicted molar refractivity (Wildman–Crippen MR) is 91.8 cm³/mol. The zero-order valence-electron chi connectivity index (χ0n) is 13.9. The topological polar surface area (TPSA) is 192 Å². The number of nitrogens with one attached hydrogen (secondary N) is 2. The van der Waals surface area contributed by atoms with E-state index in [4.69, 9.17) is 22.9 Å². The Balaban J connectivity index is 4.60. The van der Waals surface area contributed by atoms with Gasteiger partial charge in [-0.05, 0) is 38.6 Å². The molecule has 2 amide bonds. The molecule has 0 aromatic carbocycles. The van der Waals surface area contributed by atoms with Gasteiger partial charge in [-0.2, -0.15) is 0 Å². The van der Waals surface area contributed by atoms with Gasteiger partial charge in [-0.15, -0.1) is 0 Å². The summed E-state index contributed by atoms with van der Waals surface area (Å²) in [5.41, 5.74) is 21.1. The van der Waals surface area contributed by atoms with Crippen molar-refractivity contribution in [3.63, 3.8) is 0 Å². The van der Waals surface area contributed by atoms with E-state index in [2.05, 4.69) is 15.6 Å². The van der Waals surface area contributed by atoms with Crippen molar-refractivity contribution < 1.29 is 14.4 Å². The molecule has 0 spiro atoms. The van der Waals surface area contributed by atoms with Gasteiger partial charge in [0.05, 0.1) is 12.6 Å². The summed E-state index contributed by atoms with van der Waals surface area (Å²) in [6.45, 7) is 0.628. The molecule has 24 heavy (non-hydrogen) atoms. The molecule has 0 aliphatic heterocycles. The molecule has 0 bridgehead atoms. The van der Waals surface area contributed by atoms with Gasteiger partial charge in [0.15, 0.2) is 5.96 Å². The minimum Gasteiger partial charge on any atom is -0.370 e. The van der Waals surface area contributed by atoms with Crippen LogP contribution in [0.4, 0.5) is 0 Å². The molecule has 10 heteroatoms. The van der Waals surface area contributed by atoms with Crippen molar-refractivity contribution in [3.8, 4) is 0 Å². The first kappa shape index (κ1) is 21.8. The third-order valence-corrected chi connectivity index (χ3v) is 3.24. The van der Waals surface area contributed by atoms with E-state index in [1.807, 2.05) is 0 Å². The van der Waals surface area contributed by atoms with Crippen LogP contribution in [-0.2, 0) is 14.4 Å². The average molecular weight is 343 g/mol. The Morgan fingerprint density at radius 1 is 1.04 bits per heavy atom. The van der Waals surface area contributed by atoms with Crippen molar-refractivity contribution in [2.24, 2.45) is 27.9 Å². The maximum Gasteiger partial charge on any atom is 0.243 e. The van der Waals surface area contributed by atoms with Crippen LogP contribution in [0.1, 0.15) is 32.1 Å². The molecule has 0 aliphatic rings. The van der Waals surface area contributed by atoms with E-state index < -0.39 is 23.9 Å². The number of amides is 2. The monoisotopic (exact) mass is 343 g/mol. The molecule has 0 aromatic heterocycles. The van der Waals surface area contributed by atoms with Gasteiger partial charge in [-0.3, -0.25) is 14.6 Å². The second kappa shape index (κ2) is 13.3. The molecular formula is C14H29N7O3. The highest BCUT2D eigenvalue weighted by molar-refractivity contribution is 5.89. The molecule has 0 aliphatic carbocycles. The van der Waals surface area contributed by atoms with Gasteiger partial charge in [0.1, 0.15) is 12.3 Å². The summed E-state index contributed by atoms with van der Waals surface area (Å²) >= 11 is 0. The van der Waals surface area contributed by atoms with Crippen LogP contribution in [-0.4, -0.2) is 55.8 Å². The molecule has 2 atom stereocenters. The van der Waals surface area contributed by atoms with Crippen LogP contribution in [0.25, 0.3) is 0 Å². The summed E-state index contributed by atoms with van der Waals surface area (Å²) in [6.07, 6.45) is 3.48. The number of aldehydes is 1. The number of nitrogens with zero attached hydrogens (tertiary/aromatic N) is 1. The molecule has 0 radical (unpaired) electrons. The normalized spacial score (nSPS) is 12.8. The van der Waals surface area contributed by atoms with Crippen LogP contribution in [0.5, 0.6) is 0 Å². The van der Waals surface area contributed by atoms with Crippen molar-refractivity contribution in [2.75, 3.05) is 19.6 Å². The van der Waals surface area contributed by atoms with Crippen LogP contribution >= 0.6 is 0 Å². The van der Waals surface area contributed by atoms with Crippen LogP contribution in [0.3, 0.4) is 0 Å². The lowest BCUT2D eigenvalue weighted by Crippen LogP contribution is -2.51. The van der Waals surface area contributed by atoms with Crippen LogP contribution in [0, 0.1) is 0 Å². The van der Waals surface area contributed by atoms with Gasteiger partial charge in [0.2, 0.25) is 11.8 Å². The number of aliphatic imine (C=N–C) groups is 1. The van der Waals surface area contributed by atoms with Crippen LogP contribution < -0.4 is 33.6 Å². The first-order chi connectivity index (χ1) is 11.4. The standard InChI is InChI=1S/C14H29N7O3/c15-6-2-1-4-10(9-22)20-13(24)11(21-12(23)8-16)5-3-7-19-14(17)18/h9-11H,1-8,15-16H2,(H,20,24)(H,21,23)(H4,17,18,19)/t10-,11-/m0/s1. The minimum atomic E-state index is -0.799. The number of unbranched alkanes of at least 4 members (excludes halogenated alkanes) is 1. The zero-order chi connectivity index (χ0) is 18.4. The summed E-state index contributed by atoms with van der Waals surface area (Å²) in [6, 6.07) is -1.41. The van der Waals surface area contributed by atoms with Crippen molar-refractivity contribution in [2.45, 2.75) is 44.2 Å². The summed E-state index contributed by atoms with van der Waals surface area (Å²) < 4.78 is 0. The molecule has 0 heterocycles. The fraction of sp³-hybridized carbons (Fsp3) is 0.714. The maximum atomic E-state index is 12.3. The number of guanidine groups is 1. The molecule has 0 aromatic rings. The lowest BCUT2D eigenvalue weighted by atomic mass is 10.1. The van der Waals surface area contributed by atoms with E-state index in [0.29, 0.717) is 38.6 Å². The molecule has 0 unspecified atom stereocenters. The Morgan fingerprint density at radius 3 is 2.29 bits per heavy atom. The Morgan fingerprint density at radius 2 is 1.75 bits per heavy atom. The van der Waals surface area contributed by atoms with E-state index in [9.17, 15) is 14.4 Å². The maximum absolute atomic E-state index is 12.3. The van der Waals surface area contributed by atoms with E-state index in [-0.39, 0.29) is 12.5 Å². The fourth-order valence-corrected chi connectivity index (χ4v) is 1.99. The van der Waals surface area contributed by atoms with Crippen molar-refractivity contribution in [1.29, 1.82) is 0 Å². The average Bonchev–Trinajstić information content (AvgIpc) is 2.56. The second-order valence-corrected chi connectivity index (χ2v) is 5.31. The first-order valence-electron chi connectivity index (χ1n) is 7.95. The number of carbonyl (C=O) groups excluding carboxylic acids is 3. The van der Waals surface area contributed by atoms with Crippen LogP contribution in [0.15, 0.2) is 4.99 Å². The second-order valence-electron chi connectivity index (χ2n) is 5.31. The Labute approximate surface area is 141 Å². The SMILES string of the molecule is NCCCC[C@@H](C=O)NC(=O)[C@H](CCCN=C(N)N)NC(=O)CN. The molecule has 0 saturated carbocycles. The van der Waals surface area contributed by atoms with E-state index >= 15 is 0 Å². The summed E-state index contributed by atoms with van der Waals surface area (Å²) in [7, 11) is 0. The van der Waals surface area contributed by atoms with Gasteiger partial charge in [0.25, 0.3) is 0 Å². The highest BCUT2D eigenvalue weighted by Crippen LogP contribution is 2.02. The quantitative estimate of drug-likeness (QED) is 0.0906. The Hall–Kier alpha value is -2.20. The molecule has 10 N–H and O–H groups in total. The fourth-order valence-electron chi connectivity index (χ4n) is 1.99. The number of rotatable bonds is 13. The Bertz CT molecular complexity index is 425. The van der Waals surface area contributed by atoms with Gasteiger partial charge >= 0.3 is 0 Å². The van der Waals surface area contributed by atoms with Gasteiger partial charge < -0.3 is 38.4 Å². The largest absolute Gasteiger partial charge is 0.370 e. The van der Waals surface area contributed by atoms with E-state index in [1.165, 1.54) is 0 Å². The van der Waals surface area contributed by atoms with Crippen molar-refractivity contribution in [1.82, 2.24) is 10.6 Å². The van der Waals surface area contributed by atoms with E-state index in [0.717, 1.165) is 12.8 Å². The lowest BCUT2D eigenvalue weighted by molar-refractivity contribution is -0.129. The van der Waals surface area contributed by atoms with E-state index in [1.54, 1.807) is 0 Å². The lowest BCUT2D eigenvalue weighted by Gasteiger charge is -2.20. The highest BCUT2D eigenvalue weighted by atomic mass is 16.2. The summed E-state index contributed by atoms with van der Waals surface area (Å²) in [5.74, 6) is -0.933. The third-order valence-electron chi connectivity index (χ3n) is 3.24. The van der Waals surface area contributed by atoms with Crippen molar-refractivity contribution in [3.05, 3.63) is 0 Å². The smallest absolute Gasteiger partial charge is 0.243 e. The molecule has 0 rings (SSSR count). The van der Waals surface area contributed by atoms with Crippen LogP contribution in [0.2, 0.25) is 0 Å². The summed E-state index contributed by atoms with van der Waals surface area (Å²) in [5, 5.41) is 5.14. The third kappa shape index (κ3) is 10.5. The minimum absolute atomic E-state index is 0.0390. The number of carbonyl (C=O) groups is 3. The highest BCUT2D eigenvalue weighted by Gasteiger charge is 2.22. The molecule has 138 valence electrons. The van der Waals surface area contributed by atoms with Gasteiger partial charge in [0, 0.05) is 6.54 Å². The van der Waals surface area contributed by atoms with Crippen molar-refractivity contribution >= 4 is 24.1 Å². The van der Waals surface area contributed by atoms with Gasteiger partial charge in [-0.1, -0.05) is 0 Å². The molecule has 0 fully saturated rings. The zero-order valence-corrected chi connectivity index (χ0v) is 13.9. The summed E-state index contributed by atoms with van der Waals surface area (Å²) in [4.78, 5) is 38.6. The molecular weight excluding hydrogens is 314 g/mol. The predicted octanol–water partition coefficient (Wildman–Crippen LogP) is -2.70. The number of hydrogen-bond acceptors (Lipinski definition) is 6. The Kier molecular flexibility index (Phi) is 12.0. The van der Waals surface area contributed by atoms with Gasteiger partial charge in [-0.25, -0.2) is 0 Å². The molecule has 10 nitrogen and oxygen atoms in total. The number of nitrogens with two attached hydrogens (primary N) is 4. The molecule has 0 saturated heterocycles.